The molecule has 1 aromatic carbocycles. The Morgan fingerprint density at radius 2 is 2.15 bits per heavy atom. The molecule has 1 saturated carbocycles. The van der Waals surface area contributed by atoms with Gasteiger partial charge in [-0.2, -0.15) is 0 Å². The van der Waals surface area contributed by atoms with Crippen LogP contribution >= 0.6 is 11.6 Å². The van der Waals surface area contributed by atoms with E-state index in [1.807, 2.05) is 0 Å². The molecule has 112 valence electrons. The average Bonchev–Trinajstić information content (AvgIpc) is 2.40. The van der Waals surface area contributed by atoms with Crippen LogP contribution in [0.3, 0.4) is 0 Å². The number of benzene rings is 1. The van der Waals surface area contributed by atoms with Gasteiger partial charge in [0.25, 0.3) is 0 Å². The van der Waals surface area contributed by atoms with Crippen molar-refractivity contribution in [3.63, 3.8) is 0 Å². The van der Waals surface area contributed by atoms with Crippen LogP contribution in [0.15, 0.2) is 18.2 Å². The molecule has 0 bridgehead atoms. The third kappa shape index (κ3) is 3.87. The van der Waals surface area contributed by atoms with Crippen LogP contribution in [-0.4, -0.2) is 26.0 Å². The maximum atomic E-state index is 11.7. The number of hydrogen-bond donors (Lipinski definition) is 1. The molecule has 6 heteroatoms. The van der Waals surface area contributed by atoms with Gasteiger partial charge in [0.05, 0.1) is 11.4 Å². The van der Waals surface area contributed by atoms with Gasteiger partial charge < -0.3 is 10.5 Å². The Kier molecular flexibility index (Phi) is 4.94. The van der Waals surface area contributed by atoms with E-state index >= 15 is 0 Å². The highest BCUT2D eigenvalue weighted by molar-refractivity contribution is 7.91. The SMILES string of the molecule is CS(=O)(=O)C1CCCC(Oc2ccc(Cl)cc2CN)C1. The standard InChI is InChI=1S/C14H20ClNO3S/c1-20(17,18)13-4-2-3-12(8-13)19-14-6-5-11(15)7-10(14)9-16/h5-7,12-13H,2-4,8-9,16H2,1H3. The summed E-state index contributed by atoms with van der Waals surface area (Å²) < 4.78 is 29.3. The minimum absolute atomic E-state index is 0.0741. The molecule has 4 nitrogen and oxygen atoms in total. The molecule has 0 radical (unpaired) electrons. The normalized spacial score (nSPS) is 23.6. The molecule has 0 aliphatic heterocycles. The molecule has 0 saturated heterocycles. The van der Waals surface area contributed by atoms with Crippen LogP contribution in [-0.2, 0) is 16.4 Å². The van der Waals surface area contributed by atoms with Crippen LogP contribution in [0.2, 0.25) is 5.02 Å². The van der Waals surface area contributed by atoms with Crippen LogP contribution in [0.5, 0.6) is 5.75 Å². The summed E-state index contributed by atoms with van der Waals surface area (Å²) >= 11 is 5.93. The van der Waals surface area contributed by atoms with Crippen molar-refractivity contribution in [2.45, 2.75) is 43.6 Å². The monoisotopic (exact) mass is 317 g/mol. The van der Waals surface area contributed by atoms with E-state index in [2.05, 4.69) is 0 Å². The largest absolute Gasteiger partial charge is 0.490 e. The number of rotatable bonds is 4. The lowest BCUT2D eigenvalue weighted by Gasteiger charge is -2.29. The predicted molar refractivity (Wildman–Crippen MR) is 80.9 cm³/mol. The van der Waals surface area contributed by atoms with Gasteiger partial charge in [-0.05, 0) is 37.5 Å². The number of ether oxygens (including phenoxy) is 1. The topological polar surface area (TPSA) is 69.4 Å². The molecule has 2 unspecified atom stereocenters. The number of halogens is 1. The van der Waals surface area contributed by atoms with E-state index in [4.69, 9.17) is 22.1 Å². The number of nitrogens with two attached hydrogens (primary N) is 1. The fraction of sp³-hybridized carbons (Fsp3) is 0.571. The molecule has 20 heavy (non-hydrogen) atoms. The summed E-state index contributed by atoms with van der Waals surface area (Å²) in [4.78, 5) is 0. The third-order valence-corrected chi connectivity index (χ3v) is 5.59. The lowest BCUT2D eigenvalue weighted by atomic mass is 9.97. The molecule has 1 fully saturated rings. The third-order valence-electron chi connectivity index (χ3n) is 3.72. The van der Waals surface area contributed by atoms with E-state index in [9.17, 15) is 8.42 Å². The summed E-state index contributed by atoms with van der Waals surface area (Å²) in [5.74, 6) is 0.705. The Labute approximate surface area is 125 Å². The fourth-order valence-electron chi connectivity index (χ4n) is 2.60. The van der Waals surface area contributed by atoms with E-state index in [1.165, 1.54) is 6.26 Å². The molecule has 2 rings (SSSR count). The summed E-state index contributed by atoms with van der Waals surface area (Å²) in [6, 6.07) is 5.34. The highest BCUT2D eigenvalue weighted by atomic mass is 35.5. The maximum absolute atomic E-state index is 11.7. The van der Waals surface area contributed by atoms with Gasteiger partial charge in [0.1, 0.15) is 15.6 Å². The van der Waals surface area contributed by atoms with E-state index in [0.717, 1.165) is 24.8 Å². The van der Waals surface area contributed by atoms with Crippen LogP contribution in [0.1, 0.15) is 31.2 Å². The summed E-state index contributed by atoms with van der Waals surface area (Å²) in [7, 11) is -3.00. The number of hydrogen-bond acceptors (Lipinski definition) is 4. The van der Waals surface area contributed by atoms with Crippen molar-refractivity contribution in [2.75, 3.05) is 6.26 Å². The van der Waals surface area contributed by atoms with E-state index in [1.54, 1.807) is 18.2 Å². The van der Waals surface area contributed by atoms with E-state index in [-0.39, 0.29) is 11.4 Å². The Morgan fingerprint density at radius 1 is 1.40 bits per heavy atom. The van der Waals surface area contributed by atoms with Crippen molar-refractivity contribution in [3.05, 3.63) is 28.8 Å². The summed E-state index contributed by atoms with van der Waals surface area (Å²) in [6.07, 6.45) is 4.24. The van der Waals surface area contributed by atoms with E-state index in [0.29, 0.717) is 23.7 Å². The summed E-state index contributed by atoms with van der Waals surface area (Å²) in [5.41, 5.74) is 6.53. The zero-order valence-electron chi connectivity index (χ0n) is 11.5. The highest BCUT2D eigenvalue weighted by Crippen LogP contribution is 2.30. The molecule has 2 atom stereocenters. The first-order valence-corrected chi connectivity index (χ1v) is 9.07. The Bertz CT molecular complexity index is 574. The first-order chi connectivity index (χ1) is 9.40. The highest BCUT2D eigenvalue weighted by Gasteiger charge is 2.30. The molecular weight excluding hydrogens is 298 g/mol. The lowest BCUT2D eigenvalue weighted by molar-refractivity contribution is 0.155. The molecular formula is C14H20ClNO3S. The smallest absolute Gasteiger partial charge is 0.150 e. The van der Waals surface area contributed by atoms with Crippen molar-refractivity contribution < 1.29 is 13.2 Å². The quantitative estimate of drug-likeness (QED) is 0.926. The van der Waals surface area contributed by atoms with Crippen molar-refractivity contribution >= 4 is 21.4 Å². The average molecular weight is 318 g/mol. The molecule has 2 N–H and O–H groups in total. The lowest BCUT2D eigenvalue weighted by Crippen LogP contribution is -2.33. The molecule has 0 spiro atoms. The van der Waals surface area contributed by atoms with Gasteiger partial charge in [-0.15, -0.1) is 0 Å². The Balaban J connectivity index is 2.10. The van der Waals surface area contributed by atoms with Crippen molar-refractivity contribution in [1.82, 2.24) is 0 Å². The van der Waals surface area contributed by atoms with Gasteiger partial charge >= 0.3 is 0 Å². The molecule has 1 aliphatic rings. The zero-order chi connectivity index (χ0) is 14.8. The fourth-order valence-corrected chi connectivity index (χ4v) is 3.95. The summed E-state index contributed by atoms with van der Waals surface area (Å²) in [6.45, 7) is 0.345. The van der Waals surface area contributed by atoms with Gasteiger partial charge in [-0.3, -0.25) is 0 Å². The van der Waals surface area contributed by atoms with Gasteiger partial charge in [-0.25, -0.2) is 8.42 Å². The molecule has 0 aromatic heterocycles. The second-order valence-electron chi connectivity index (χ2n) is 5.31. The zero-order valence-corrected chi connectivity index (χ0v) is 13.1. The second kappa shape index (κ2) is 6.33. The van der Waals surface area contributed by atoms with Crippen LogP contribution < -0.4 is 10.5 Å². The minimum atomic E-state index is -3.00. The van der Waals surface area contributed by atoms with Crippen molar-refractivity contribution in [1.29, 1.82) is 0 Å². The van der Waals surface area contributed by atoms with Crippen LogP contribution in [0.4, 0.5) is 0 Å². The van der Waals surface area contributed by atoms with Crippen LogP contribution in [0.25, 0.3) is 0 Å². The van der Waals surface area contributed by atoms with E-state index < -0.39 is 9.84 Å². The van der Waals surface area contributed by atoms with Gasteiger partial charge in [0.15, 0.2) is 0 Å². The summed E-state index contributed by atoms with van der Waals surface area (Å²) in [5, 5.41) is 0.324. The first-order valence-electron chi connectivity index (χ1n) is 6.74. The molecule has 0 amide bonds. The Hall–Kier alpha value is -0.780. The van der Waals surface area contributed by atoms with Crippen LogP contribution in [0, 0.1) is 0 Å². The van der Waals surface area contributed by atoms with Crippen molar-refractivity contribution in [2.24, 2.45) is 5.73 Å². The first kappa shape index (κ1) is 15.6. The molecule has 1 aliphatic carbocycles. The maximum Gasteiger partial charge on any atom is 0.150 e. The second-order valence-corrected chi connectivity index (χ2v) is 8.08. The van der Waals surface area contributed by atoms with Crippen molar-refractivity contribution in [3.8, 4) is 5.75 Å². The molecule has 1 aromatic rings. The molecule has 0 heterocycles. The number of sulfone groups is 1. The van der Waals surface area contributed by atoms with Gasteiger partial charge in [0, 0.05) is 29.8 Å². The minimum Gasteiger partial charge on any atom is -0.490 e. The van der Waals surface area contributed by atoms with Gasteiger partial charge in [0.2, 0.25) is 0 Å². The Morgan fingerprint density at radius 3 is 2.80 bits per heavy atom. The van der Waals surface area contributed by atoms with Gasteiger partial charge in [-0.1, -0.05) is 11.6 Å². The predicted octanol–water partition coefficient (Wildman–Crippen LogP) is 2.53.